The smallest absolute Gasteiger partial charge is 0.0977 e. The molecule has 2 N–H and O–H groups in total. The van der Waals surface area contributed by atoms with Crippen LogP contribution in [-0.4, -0.2) is 11.7 Å². The van der Waals surface area contributed by atoms with Crippen molar-refractivity contribution in [3.8, 4) is 0 Å². The molecule has 2 rings (SSSR count). The Morgan fingerprint density at radius 2 is 1.80 bits per heavy atom. The number of hydrogen-bond acceptors (Lipinski definition) is 2. The van der Waals surface area contributed by atoms with E-state index in [0.717, 1.165) is 12.1 Å². The summed E-state index contributed by atoms with van der Waals surface area (Å²) in [5, 5.41) is 14.5. The van der Waals surface area contributed by atoms with Crippen molar-refractivity contribution in [2.75, 3.05) is 11.9 Å². The molecular formula is C16H17Cl2NO. The maximum atomic E-state index is 10.2. The zero-order valence-electron chi connectivity index (χ0n) is 11.2. The van der Waals surface area contributed by atoms with E-state index in [1.165, 1.54) is 5.56 Å². The second kappa shape index (κ2) is 6.98. The Balaban J connectivity index is 2.00. The zero-order chi connectivity index (χ0) is 14.5. The largest absolute Gasteiger partial charge is 0.387 e. The van der Waals surface area contributed by atoms with Crippen molar-refractivity contribution in [3.05, 3.63) is 63.6 Å². The van der Waals surface area contributed by atoms with Gasteiger partial charge in [-0.05, 0) is 42.3 Å². The molecule has 106 valence electrons. The second-order valence-electron chi connectivity index (χ2n) is 4.61. The highest BCUT2D eigenvalue weighted by Gasteiger charge is 2.12. The fourth-order valence-corrected chi connectivity index (χ4v) is 2.38. The second-order valence-corrected chi connectivity index (χ2v) is 5.46. The summed E-state index contributed by atoms with van der Waals surface area (Å²) in [6.45, 7) is 2.50. The van der Waals surface area contributed by atoms with Gasteiger partial charge in [0, 0.05) is 27.8 Å². The van der Waals surface area contributed by atoms with E-state index in [0.29, 0.717) is 22.2 Å². The summed E-state index contributed by atoms with van der Waals surface area (Å²) in [6, 6.07) is 13.2. The molecule has 20 heavy (non-hydrogen) atoms. The standard InChI is InChI=1S/C16H17Cl2NO/c1-2-11-3-6-13(7-4-11)19-10-16(20)14-9-12(17)5-8-15(14)18/h3-9,16,19-20H,2,10H2,1H3. The number of aliphatic hydroxyl groups excluding tert-OH is 1. The van der Waals surface area contributed by atoms with Crippen LogP contribution in [0.25, 0.3) is 0 Å². The number of rotatable bonds is 5. The van der Waals surface area contributed by atoms with Gasteiger partial charge in [-0.1, -0.05) is 42.3 Å². The number of benzene rings is 2. The Labute approximate surface area is 129 Å². The predicted molar refractivity (Wildman–Crippen MR) is 85.7 cm³/mol. The summed E-state index contributed by atoms with van der Waals surface area (Å²) < 4.78 is 0. The van der Waals surface area contributed by atoms with Gasteiger partial charge in [-0.15, -0.1) is 0 Å². The number of nitrogens with one attached hydrogen (secondary N) is 1. The van der Waals surface area contributed by atoms with E-state index in [4.69, 9.17) is 23.2 Å². The third kappa shape index (κ3) is 3.89. The molecule has 0 saturated carbocycles. The van der Waals surface area contributed by atoms with Gasteiger partial charge in [0.25, 0.3) is 0 Å². The summed E-state index contributed by atoms with van der Waals surface area (Å²) >= 11 is 12.0. The van der Waals surface area contributed by atoms with Gasteiger partial charge in [0.15, 0.2) is 0 Å². The number of aliphatic hydroxyl groups is 1. The van der Waals surface area contributed by atoms with Gasteiger partial charge in [-0.3, -0.25) is 0 Å². The fourth-order valence-electron chi connectivity index (χ4n) is 1.95. The van der Waals surface area contributed by atoms with Crippen LogP contribution in [0.1, 0.15) is 24.2 Å². The Morgan fingerprint density at radius 1 is 1.10 bits per heavy atom. The van der Waals surface area contributed by atoms with Crippen LogP contribution in [0.4, 0.5) is 5.69 Å². The predicted octanol–water partition coefficient (Wildman–Crippen LogP) is 4.70. The van der Waals surface area contributed by atoms with Crippen LogP contribution in [0.5, 0.6) is 0 Å². The third-order valence-corrected chi connectivity index (χ3v) is 3.76. The van der Waals surface area contributed by atoms with Crippen molar-refractivity contribution in [2.45, 2.75) is 19.4 Å². The third-order valence-electron chi connectivity index (χ3n) is 3.18. The minimum atomic E-state index is -0.702. The normalized spacial score (nSPS) is 12.2. The first-order valence-corrected chi connectivity index (χ1v) is 7.31. The van der Waals surface area contributed by atoms with Crippen LogP contribution in [0.2, 0.25) is 10.0 Å². The molecule has 0 aliphatic carbocycles. The first-order valence-electron chi connectivity index (χ1n) is 6.56. The van der Waals surface area contributed by atoms with Gasteiger partial charge >= 0.3 is 0 Å². The molecule has 0 aliphatic rings. The van der Waals surface area contributed by atoms with Crippen LogP contribution in [-0.2, 0) is 6.42 Å². The van der Waals surface area contributed by atoms with Crippen molar-refractivity contribution >= 4 is 28.9 Å². The van der Waals surface area contributed by atoms with Crippen LogP contribution in [0, 0.1) is 0 Å². The van der Waals surface area contributed by atoms with Gasteiger partial charge < -0.3 is 10.4 Å². The lowest BCUT2D eigenvalue weighted by Gasteiger charge is -2.15. The molecule has 0 bridgehead atoms. The van der Waals surface area contributed by atoms with Crippen molar-refractivity contribution in [3.63, 3.8) is 0 Å². The first-order chi connectivity index (χ1) is 9.60. The van der Waals surface area contributed by atoms with Gasteiger partial charge in [0.1, 0.15) is 0 Å². The number of hydrogen-bond donors (Lipinski definition) is 2. The average molecular weight is 310 g/mol. The van der Waals surface area contributed by atoms with Gasteiger partial charge in [0.2, 0.25) is 0 Å². The van der Waals surface area contributed by atoms with E-state index in [1.54, 1.807) is 18.2 Å². The molecule has 1 atom stereocenters. The highest BCUT2D eigenvalue weighted by atomic mass is 35.5. The Kier molecular flexibility index (Phi) is 5.30. The minimum absolute atomic E-state index is 0.380. The van der Waals surface area contributed by atoms with Crippen LogP contribution in [0.15, 0.2) is 42.5 Å². The summed E-state index contributed by atoms with van der Waals surface area (Å²) in [4.78, 5) is 0. The molecule has 0 amide bonds. The van der Waals surface area contributed by atoms with Gasteiger partial charge in [-0.2, -0.15) is 0 Å². The van der Waals surface area contributed by atoms with Crippen molar-refractivity contribution < 1.29 is 5.11 Å². The molecule has 2 aromatic rings. The molecule has 2 aromatic carbocycles. The summed E-state index contributed by atoms with van der Waals surface area (Å²) in [5.74, 6) is 0. The SMILES string of the molecule is CCc1ccc(NCC(O)c2cc(Cl)ccc2Cl)cc1. The molecule has 0 aromatic heterocycles. The van der Waals surface area contributed by atoms with E-state index in [2.05, 4.69) is 24.4 Å². The van der Waals surface area contributed by atoms with Crippen LogP contribution in [0.3, 0.4) is 0 Å². The molecule has 2 nitrogen and oxygen atoms in total. The van der Waals surface area contributed by atoms with E-state index in [1.807, 2.05) is 12.1 Å². The summed E-state index contributed by atoms with van der Waals surface area (Å²) in [6.07, 6.45) is 0.313. The lowest BCUT2D eigenvalue weighted by molar-refractivity contribution is 0.192. The molecule has 0 spiro atoms. The number of halogens is 2. The molecule has 1 unspecified atom stereocenters. The van der Waals surface area contributed by atoms with Crippen molar-refractivity contribution in [1.29, 1.82) is 0 Å². The number of aryl methyl sites for hydroxylation is 1. The fraction of sp³-hybridized carbons (Fsp3) is 0.250. The molecule has 0 saturated heterocycles. The highest BCUT2D eigenvalue weighted by molar-refractivity contribution is 6.33. The number of anilines is 1. The first kappa shape index (κ1) is 15.2. The van der Waals surface area contributed by atoms with Gasteiger partial charge in [-0.25, -0.2) is 0 Å². The van der Waals surface area contributed by atoms with E-state index < -0.39 is 6.10 Å². The molecule has 0 fully saturated rings. The summed E-state index contributed by atoms with van der Waals surface area (Å²) in [5.41, 5.74) is 2.89. The Hall–Kier alpha value is -1.22. The molecule has 0 radical (unpaired) electrons. The maximum Gasteiger partial charge on any atom is 0.0977 e. The Bertz CT molecular complexity index is 569. The topological polar surface area (TPSA) is 32.3 Å². The molecule has 0 heterocycles. The maximum absolute atomic E-state index is 10.2. The lowest BCUT2D eigenvalue weighted by atomic mass is 10.1. The van der Waals surface area contributed by atoms with E-state index >= 15 is 0 Å². The van der Waals surface area contributed by atoms with Crippen LogP contribution >= 0.6 is 23.2 Å². The Morgan fingerprint density at radius 3 is 2.45 bits per heavy atom. The highest BCUT2D eigenvalue weighted by Crippen LogP contribution is 2.26. The quantitative estimate of drug-likeness (QED) is 0.839. The minimum Gasteiger partial charge on any atom is -0.387 e. The van der Waals surface area contributed by atoms with Crippen molar-refractivity contribution in [1.82, 2.24) is 0 Å². The van der Waals surface area contributed by atoms with E-state index in [9.17, 15) is 5.11 Å². The zero-order valence-corrected chi connectivity index (χ0v) is 12.7. The molecular weight excluding hydrogens is 293 g/mol. The van der Waals surface area contributed by atoms with E-state index in [-0.39, 0.29) is 0 Å². The average Bonchev–Trinajstić information content (AvgIpc) is 2.47. The van der Waals surface area contributed by atoms with Gasteiger partial charge in [0.05, 0.1) is 6.10 Å². The molecule has 0 aliphatic heterocycles. The summed E-state index contributed by atoms with van der Waals surface area (Å²) in [7, 11) is 0. The van der Waals surface area contributed by atoms with Crippen LogP contribution < -0.4 is 5.32 Å². The lowest BCUT2D eigenvalue weighted by Crippen LogP contribution is -2.12. The monoisotopic (exact) mass is 309 g/mol. The molecule has 4 heteroatoms. The van der Waals surface area contributed by atoms with Crippen molar-refractivity contribution in [2.24, 2.45) is 0 Å².